The van der Waals surface area contributed by atoms with Gasteiger partial charge in [-0.1, -0.05) is 0 Å². The molecule has 0 heterocycles. The summed E-state index contributed by atoms with van der Waals surface area (Å²) < 4.78 is 36.2. The Kier molecular flexibility index (Phi) is 12.2. The molecule has 9 heteroatoms. The highest BCUT2D eigenvalue weighted by atomic mass is 17.5. The van der Waals surface area contributed by atoms with Gasteiger partial charge < -0.3 is 28.4 Å². The van der Waals surface area contributed by atoms with Crippen molar-refractivity contribution in [1.29, 1.82) is 0 Å². The zero-order valence-corrected chi connectivity index (χ0v) is 25.4. The molecule has 2 aromatic rings. The second-order valence-corrected chi connectivity index (χ2v) is 10.7. The van der Waals surface area contributed by atoms with E-state index in [2.05, 4.69) is 0 Å². The summed E-state index contributed by atoms with van der Waals surface area (Å²) in [6.07, 6.45) is -0.755. The minimum absolute atomic E-state index is 0.0676. The lowest BCUT2D eigenvalue weighted by Crippen LogP contribution is -2.16. The molecule has 0 saturated heterocycles. The Morgan fingerprint density at radius 3 is 0.821 bits per heavy atom. The first kappa shape index (κ1) is 32.0. The van der Waals surface area contributed by atoms with Crippen molar-refractivity contribution in [3.05, 3.63) is 24.3 Å². The SMILES string of the molecule is CC(C)Oc1ccc(OOOc2ccc(OC(C)C)c(OC(C)C)c2OC(C)C)c(OC(C)C)c1OC(C)C. The monoisotopic (exact) mass is 550 g/mol. The van der Waals surface area contributed by atoms with E-state index < -0.39 is 0 Å². The molecular formula is C30H46O9. The first-order valence-corrected chi connectivity index (χ1v) is 13.6. The van der Waals surface area contributed by atoms with Crippen molar-refractivity contribution < 1.29 is 43.2 Å². The Labute approximate surface area is 233 Å². The fourth-order valence-electron chi connectivity index (χ4n) is 3.36. The molecule has 0 spiro atoms. The van der Waals surface area contributed by atoms with Crippen LogP contribution in [0.3, 0.4) is 0 Å². The smallest absolute Gasteiger partial charge is 0.215 e. The van der Waals surface area contributed by atoms with Crippen LogP contribution in [0.5, 0.6) is 46.0 Å². The molecule has 0 aliphatic rings. The van der Waals surface area contributed by atoms with Gasteiger partial charge in [0.1, 0.15) is 0 Å². The zero-order chi connectivity index (χ0) is 29.3. The van der Waals surface area contributed by atoms with Crippen molar-refractivity contribution in [1.82, 2.24) is 0 Å². The molecule has 0 unspecified atom stereocenters. The van der Waals surface area contributed by atoms with E-state index in [1.807, 2.05) is 83.1 Å². The van der Waals surface area contributed by atoms with Gasteiger partial charge in [0.2, 0.25) is 34.5 Å². The zero-order valence-electron chi connectivity index (χ0n) is 25.4. The maximum Gasteiger partial charge on any atom is 0.215 e. The van der Waals surface area contributed by atoms with Crippen molar-refractivity contribution in [3.63, 3.8) is 0 Å². The third-order valence-electron chi connectivity index (χ3n) is 4.47. The van der Waals surface area contributed by atoms with Gasteiger partial charge in [0, 0.05) is 5.04 Å². The number of ether oxygens (including phenoxy) is 6. The van der Waals surface area contributed by atoms with Gasteiger partial charge in [-0.25, -0.2) is 0 Å². The molecule has 0 aliphatic heterocycles. The van der Waals surface area contributed by atoms with Gasteiger partial charge in [-0.05, 0) is 107 Å². The molecule has 0 fully saturated rings. The predicted molar refractivity (Wildman–Crippen MR) is 150 cm³/mol. The summed E-state index contributed by atoms with van der Waals surface area (Å²) in [5.74, 6) is 3.07. The standard InChI is InChI=1S/C30H46O9/c1-17(2)31-23-13-15-25(29(35-21(9)10)27(23)33-19(5)6)37-39-38-26-16-14-24(32-18(3)4)28(34-20(7)8)30(26)36-22(11)12/h13-22H,1-12H3. The molecule has 2 rings (SSSR count). The van der Waals surface area contributed by atoms with Crippen LogP contribution in [-0.4, -0.2) is 36.6 Å². The lowest BCUT2D eigenvalue weighted by Gasteiger charge is -2.23. The van der Waals surface area contributed by atoms with Crippen molar-refractivity contribution in [3.8, 4) is 46.0 Å². The second kappa shape index (κ2) is 14.8. The number of hydrogen-bond acceptors (Lipinski definition) is 9. The lowest BCUT2D eigenvalue weighted by molar-refractivity contribution is -0.412. The van der Waals surface area contributed by atoms with Gasteiger partial charge in [-0.15, -0.1) is 0 Å². The summed E-state index contributed by atoms with van der Waals surface area (Å²) in [4.78, 5) is 11.2. The van der Waals surface area contributed by atoms with Crippen molar-refractivity contribution in [2.75, 3.05) is 0 Å². The molecule has 0 saturated carbocycles. The van der Waals surface area contributed by atoms with Crippen LogP contribution in [0, 0.1) is 0 Å². The Morgan fingerprint density at radius 2 is 0.564 bits per heavy atom. The van der Waals surface area contributed by atoms with Gasteiger partial charge in [-0.2, -0.15) is 0 Å². The van der Waals surface area contributed by atoms with E-state index in [4.69, 9.17) is 43.2 Å². The molecule has 0 atom stereocenters. The van der Waals surface area contributed by atoms with Crippen LogP contribution in [0.2, 0.25) is 0 Å². The summed E-state index contributed by atoms with van der Waals surface area (Å²) >= 11 is 0. The largest absolute Gasteiger partial charge is 0.487 e. The van der Waals surface area contributed by atoms with Crippen molar-refractivity contribution in [2.45, 2.75) is 120 Å². The number of rotatable bonds is 16. The normalized spacial score (nSPS) is 11.5. The first-order chi connectivity index (χ1) is 18.3. The highest BCUT2D eigenvalue weighted by Gasteiger charge is 2.25. The highest BCUT2D eigenvalue weighted by molar-refractivity contribution is 5.60. The van der Waals surface area contributed by atoms with Gasteiger partial charge in [0.25, 0.3) is 0 Å². The Morgan fingerprint density at radius 1 is 0.333 bits per heavy atom. The van der Waals surface area contributed by atoms with Crippen LogP contribution in [0.4, 0.5) is 0 Å². The minimum Gasteiger partial charge on any atom is -0.487 e. The van der Waals surface area contributed by atoms with E-state index >= 15 is 0 Å². The van der Waals surface area contributed by atoms with Crippen LogP contribution >= 0.6 is 0 Å². The summed E-state index contributed by atoms with van der Waals surface area (Å²) in [5, 5.41) is 5.26. The molecule has 2 aromatic carbocycles. The average Bonchev–Trinajstić information content (AvgIpc) is 2.78. The molecule has 0 amide bonds. The highest BCUT2D eigenvalue weighted by Crippen LogP contribution is 2.48. The second-order valence-electron chi connectivity index (χ2n) is 10.7. The maximum absolute atomic E-state index is 6.07. The van der Waals surface area contributed by atoms with Crippen LogP contribution in [0.15, 0.2) is 24.3 Å². The third-order valence-corrected chi connectivity index (χ3v) is 4.47. The fourth-order valence-corrected chi connectivity index (χ4v) is 3.36. The number of benzene rings is 2. The Hall–Kier alpha value is -3.20. The molecule has 0 radical (unpaired) electrons. The molecule has 0 aliphatic carbocycles. The predicted octanol–water partition coefficient (Wildman–Crippen LogP) is 7.71. The first-order valence-electron chi connectivity index (χ1n) is 13.6. The number of hydrogen-bond donors (Lipinski definition) is 0. The van der Waals surface area contributed by atoms with E-state index in [1.165, 1.54) is 0 Å². The van der Waals surface area contributed by atoms with Gasteiger partial charge >= 0.3 is 0 Å². The van der Waals surface area contributed by atoms with E-state index in [-0.39, 0.29) is 48.1 Å². The van der Waals surface area contributed by atoms with Gasteiger partial charge in [0.05, 0.1) is 36.6 Å². The van der Waals surface area contributed by atoms with Crippen LogP contribution in [0.1, 0.15) is 83.1 Å². The average molecular weight is 551 g/mol. The van der Waals surface area contributed by atoms with Crippen LogP contribution in [-0.2, 0) is 5.04 Å². The fraction of sp³-hybridized carbons (Fsp3) is 0.600. The Balaban J connectivity index is 2.43. The summed E-state index contributed by atoms with van der Waals surface area (Å²) in [7, 11) is 0. The molecule has 220 valence electrons. The summed E-state index contributed by atoms with van der Waals surface area (Å²) in [6, 6.07) is 6.82. The third kappa shape index (κ3) is 10.1. The molecule has 39 heavy (non-hydrogen) atoms. The summed E-state index contributed by atoms with van der Waals surface area (Å²) in [6.45, 7) is 23.1. The summed E-state index contributed by atoms with van der Waals surface area (Å²) in [5.41, 5.74) is 0. The van der Waals surface area contributed by atoms with Crippen LogP contribution < -0.4 is 38.2 Å². The molecule has 0 bridgehead atoms. The minimum atomic E-state index is -0.174. The maximum atomic E-state index is 6.07. The van der Waals surface area contributed by atoms with E-state index in [0.29, 0.717) is 34.5 Å². The van der Waals surface area contributed by atoms with Gasteiger partial charge in [0.15, 0.2) is 11.5 Å². The van der Waals surface area contributed by atoms with Crippen molar-refractivity contribution in [2.24, 2.45) is 0 Å². The van der Waals surface area contributed by atoms with E-state index in [1.54, 1.807) is 24.3 Å². The molecular weight excluding hydrogens is 504 g/mol. The topological polar surface area (TPSA) is 83.1 Å². The van der Waals surface area contributed by atoms with Crippen molar-refractivity contribution >= 4 is 0 Å². The van der Waals surface area contributed by atoms with E-state index in [0.717, 1.165) is 0 Å². The van der Waals surface area contributed by atoms with E-state index in [9.17, 15) is 0 Å². The Bertz CT molecular complexity index is 948. The van der Waals surface area contributed by atoms with Crippen LogP contribution in [0.25, 0.3) is 0 Å². The molecule has 0 N–H and O–H groups in total. The molecule has 9 nitrogen and oxygen atoms in total. The quantitative estimate of drug-likeness (QED) is 0.154. The lowest BCUT2D eigenvalue weighted by atomic mass is 10.2. The van der Waals surface area contributed by atoms with Gasteiger partial charge in [-0.3, -0.25) is 9.78 Å². The molecule has 0 aromatic heterocycles.